The van der Waals surface area contributed by atoms with Crippen LogP contribution in [0.15, 0.2) is 42.5 Å². The topological polar surface area (TPSA) is 23.8 Å². The summed E-state index contributed by atoms with van der Waals surface area (Å²) >= 11 is 0. The molecule has 3 unspecified atom stereocenters. The van der Waals surface area contributed by atoms with E-state index in [4.69, 9.17) is 0 Å². The molecule has 76 valence electrons. The second-order valence-corrected chi connectivity index (χ2v) is 4.20. The third-order valence-corrected chi connectivity index (χ3v) is 3.21. The lowest BCUT2D eigenvalue weighted by molar-refractivity contribution is 0.410. The lowest BCUT2D eigenvalue weighted by Crippen LogP contribution is -2.20. The molecule has 1 aromatic carbocycles. The van der Waals surface area contributed by atoms with Gasteiger partial charge in [0.15, 0.2) is 0 Å². The van der Waals surface area contributed by atoms with Crippen molar-refractivity contribution in [2.45, 2.75) is 19.3 Å². The standard InChI is InChI=1S/C14H15N/c1-11-6-5-9-13(14(11)10-15)12-7-3-2-4-8-12/h2-8,11,13-14H,9H2,1H3. The molecule has 0 aromatic heterocycles. The Kier molecular flexibility index (Phi) is 2.87. The molecule has 0 bridgehead atoms. The summed E-state index contributed by atoms with van der Waals surface area (Å²) in [4.78, 5) is 0. The highest BCUT2D eigenvalue weighted by Crippen LogP contribution is 2.36. The van der Waals surface area contributed by atoms with Gasteiger partial charge in [-0.25, -0.2) is 0 Å². The van der Waals surface area contributed by atoms with E-state index in [2.05, 4.69) is 37.3 Å². The lowest BCUT2D eigenvalue weighted by Gasteiger charge is -2.28. The Morgan fingerprint density at radius 2 is 2.00 bits per heavy atom. The van der Waals surface area contributed by atoms with Crippen LogP contribution in [0.4, 0.5) is 0 Å². The molecule has 1 heteroatoms. The normalized spacial score (nSPS) is 29.7. The molecule has 1 aliphatic rings. The third-order valence-electron chi connectivity index (χ3n) is 3.21. The van der Waals surface area contributed by atoms with Crippen molar-refractivity contribution in [2.75, 3.05) is 0 Å². The monoisotopic (exact) mass is 197 g/mol. The van der Waals surface area contributed by atoms with Crippen molar-refractivity contribution >= 4 is 0 Å². The van der Waals surface area contributed by atoms with E-state index in [9.17, 15) is 5.26 Å². The predicted molar refractivity (Wildman–Crippen MR) is 61.2 cm³/mol. The number of benzene rings is 1. The Balaban J connectivity index is 2.30. The molecule has 3 atom stereocenters. The van der Waals surface area contributed by atoms with Crippen molar-refractivity contribution < 1.29 is 0 Å². The van der Waals surface area contributed by atoms with E-state index >= 15 is 0 Å². The molecule has 15 heavy (non-hydrogen) atoms. The molecule has 1 nitrogen and oxygen atoms in total. The molecule has 0 aliphatic heterocycles. The first-order valence-electron chi connectivity index (χ1n) is 5.44. The maximum atomic E-state index is 9.21. The maximum absolute atomic E-state index is 9.21. The van der Waals surface area contributed by atoms with E-state index in [0.29, 0.717) is 11.8 Å². The molecular formula is C14H15N. The molecule has 0 radical (unpaired) electrons. The second kappa shape index (κ2) is 4.31. The summed E-state index contributed by atoms with van der Waals surface area (Å²) < 4.78 is 0. The van der Waals surface area contributed by atoms with Crippen LogP contribution in [0.3, 0.4) is 0 Å². The fourth-order valence-electron chi connectivity index (χ4n) is 2.32. The van der Waals surface area contributed by atoms with Gasteiger partial charge in [-0.3, -0.25) is 0 Å². The fraction of sp³-hybridized carbons (Fsp3) is 0.357. The van der Waals surface area contributed by atoms with E-state index in [1.807, 2.05) is 18.2 Å². The second-order valence-electron chi connectivity index (χ2n) is 4.20. The van der Waals surface area contributed by atoms with E-state index in [1.165, 1.54) is 5.56 Å². The van der Waals surface area contributed by atoms with Gasteiger partial charge in [0, 0.05) is 5.92 Å². The highest BCUT2D eigenvalue weighted by atomic mass is 14.4. The molecule has 0 spiro atoms. The zero-order valence-corrected chi connectivity index (χ0v) is 8.93. The minimum absolute atomic E-state index is 0.123. The summed E-state index contributed by atoms with van der Waals surface area (Å²) in [5.41, 5.74) is 1.29. The molecule has 0 amide bonds. The first-order chi connectivity index (χ1) is 7.33. The number of rotatable bonds is 1. The number of nitriles is 1. The summed E-state index contributed by atoms with van der Waals surface area (Å²) in [5, 5.41) is 9.21. The Labute approximate surface area is 91.0 Å². The van der Waals surface area contributed by atoms with Gasteiger partial charge < -0.3 is 0 Å². The Hall–Kier alpha value is -1.55. The molecular weight excluding hydrogens is 182 g/mol. The molecule has 0 saturated heterocycles. The largest absolute Gasteiger partial charge is 0.198 e. The van der Waals surface area contributed by atoms with Crippen LogP contribution in [0.25, 0.3) is 0 Å². The van der Waals surface area contributed by atoms with Crippen molar-refractivity contribution in [2.24, 2.45) is 11.8 Å². The first kappa shape index (κ1) is 9.98. The van der Waals surface area contributed by atoms with E-state index in [0.717, 1.165) is 6.42 Å². The van der Waals surface area contributed by atoms with Gasteiger partial charge in [-0.2, -0.15) is 5.26 Å². The molecule has 2 rings (SSSR count). The molecule has 0 fully saturated rings. The van der Waals surface area contributed by atoms with Gasteiger partial charge in [-0.1, -0.05) is 49.4 Å². The molecule has 1 aromatic rings. The van der Waals surface area contributed by atoms with E-state index in [1.54, 1.807) is 0 Å². The molecule has 0 N–H and O–H groups in total. The van der Waals surface area contributed by atoms with Crippen LogP contribution in [-0.2, 0) is 0 Å². The Bertz CT molecular complexity index is 386. The predicted octanol–water partition coefficient (Wildman–Crippen LogP) is 3.51. The van der Waals surface area contributed by atoms with Crippen LogP contribution in [0.5, 0.6) is 0 Å². The Morgan fingerprint density at radius 1 is 1.27 bits per heavy atom. The molecule has 0 saturated carbocycles. The highest BCUT2D eigenvalue weighted by molar-refractivity contribution is 5.25. The SMILES string of the molecule is CC1C=CCC(c2ccccc2)C1C#N. The minimum atomic E-state index is 0.123. The average molecular weight is 197 g/mol. The number of nitrogens with zero attached hydrogens (tertiary/aromatic N) is 1. The average Bonchev–Trinajstić information content (AvgIpc) is 2.30. The van der Waals surface area contributed by atoms with Gasteiger partial charge >= 0.3 is 0 Å². The summed E-state index contributed by atoms with van der Waals surface area (Å²) in [6.45, 7) is 2.12. The zero-order valence-electron chi connectivity index (χ0n) is 8.93. The van der Waals surface area contributed by atoms with Gasteiger partial charge in [0.25, 0.3) is 0 Å². The Morgan fingerprint density at radius 3 is 2.67 bits per heavy atom. The quantitative estimate of drug-likeness (QED) is 0.632. The van der Waals surface area contributed by atoms with E-state index < -0.39 is 0 Å². The maximum Gasteiger partial charge on any atom is 0.0668 e. The van der Waals surface area contributed by atoms with Crippen LogP contribution in [0.1, 0.15) is 24.8 Å². The van der Waals surface area contributed by atoms with Crippen molar-refractivity contribution in [3.05, 3.63) is 48.0 Å². The molecule has 1 aliphatic carbocycles. The van der Waals surface area contributed by atoms with Crippen LogP contribution in [-0.4, -0.2) is 0 Å². The summed E-state index contributed by atoms with van der Waals surface area (Å²) in [5.74, 6) is 0.863. The number of hydrogen-bond donors (Lipinski definition) is 0. The van der Waals surface area contributed by atoms with Gasteiger partial charge in [0.1, 0.15) is 0 Å². The summed E-state index contributed by atoms with van der Waals surface area (Å²) in [6.07, 6.45) is 5.36. The van der Waals surface area contributed by atoms with Gasteiger partial charge in [-0.15, -0.1) is 0 Å². The van der Waals surface area contributed by atoms with Gasteiger partial charge in [0.2, 0.25) is 0 Å². The summed E-state index contributed by atoms with van der Waals surface area (Å²) in [6, 6.07) is 12.8. The van der Waals surface area contributed by atoms with Crippen LogP contribution in [0, 0.1) is 23.2 Å². The van der Waals surface area contributed by atoms with Crippen molar-refractivity contribution in [1.82, 2.24) is 0 Å². The van der Waals surface area contributed by atoms with Gasteiger partial charge in [-0.05, 0) is 17.9 Å². The van der Waals surface area contributed by atoms with Crippen molar-refractivity contribution in [3.63, 3.8) is 0 Å². The van der Waals surface area contributed by atoms with Crippen LogP contribution < -0.4 is 0 Å². The number of allylic oxidation sites excluding steroid dienone is 2. The highest BCUT2D eigenvalue weighted by Gasteiger charge is 2.28. The summed E-state index contributed by atoms with van der Waals surface area (Å²) in [7, 11) is 0. The van der Waals surface area contributed by atoms with Crippen LogP contribution in [0.2, 0.25) is 0 Å². The first-order valence-corrected chi connectivity index (χ1v) is 5.44. The third kappa shape index (κ3) is 1.94. The van der Waals surface area contributed by atoms with Gasteiger partial charge in [0.05, 0.1) is 12.0 Å². The van der Waals surface area contributed by atoms with Crippen molar-refractivity contribution in [3.8, 4) is 6.07 Å². The minimum Gasteiger partial charge on any atom is -0.198 e. The molecule has 0 heterocycles. The zero-order chi connectivity index (χ0) is 10.7. The number of hydrogen-bond acceptors (Lipinski definition) is 1. The fourth-order valence-corrected chi connectivity index (χ4v) is 2.32. The lowest BCUT2D eigenvalue weighted by atomic mass is 9.74. The van der Waals surface area contributed by atoms with Crippen molar-refractivity contribution in [1.29, 1.82) is 5.26 Å². The van der Waals surface area contributed by atoms with Crippen LogP contribution >= 0.6 is 0 Å². The smallest absolute Gasteiger partial charge is 0.0668 e. The van der Waals surface area contributed by atoms with E-state index in [-0.39, 0.29) is 5.92 Å².